The molecule has 27 heavy (non-hydrogen) atoms. The van der Waals surface area contributed by atoms with Crippen LogP contribution < -0.4 is 9.47 Å². The lowest BCUT2D eigenvalue weighted by Crippen LogP contribution is -2.18. The van der Waals surface area contributed by atoms with Crippen LogP contribution in [0.15, 0.2) is 29.8 Å². The number of aliphatic hydroxyl groups excluding tert-OH is 1. The zero-order valence-electron chi connectivity index (χ0n) is 16.7. The molecular formula is C22H30O5. The lowest BCUT2D eigenvalue weighted by Gasteiger charge is -2.16. The summed E-state index contributed by atoms with van der Waals surface area (Å²) in [6, 6.07) is 5.13. The van der Waals surface area contributed by atoms with Gasteiger partial charge in [-0.3, -0.25) is 0 Å². The maximum absolute atomic E-state index is 12.8. The van der Waals surface area contributed by atoms with Crippen LogP contribution in [0.3, 0.4) is 0 Å². The molecule has 0 fully saturated rings. The van der Waals surface area contributed by atoms with Gasteiger partial charge in [-0.15, -0.1) is 0 Å². The first-order valence-electron chi connectivity index (χ1n) is 9.28. The average molecular weight is 374 g/mol. The van der Waals surface area contributed by atoms with Gasteiger partial charge in [-0.2, -0.15) is 0 Å². The van der Waals surface area contributed by atoms with Crippen LogP contribution in [0, 0.1) is 11.8 Å². The fraction of sp³-hybridized carbons (Fsp3) is 0.500. The van der Waals surface area contributed by atoms with Gasteiger partial charge in [-0.1, -0.05) is 44.1 Å². The molecule has 0 saturated carbocycles. The third kappa shape index (κ3) is 7.76. The van der Waals surface area contributed by atoms with Crippen molar-refractivity contribution < 1.29 is 24.1 Å². The largest absolute Gasteiger partial charge is 0.496 e. The number of hydrogen-bond acceptors (Lipinski definition) is 5. The topological polar surface area (TPSA) is 65.0 Å². The number of unbranched alkanes of at least 4 members (excludes halogenated alkanes) is 3. The van der Waals surface area contributed by atoms with Gasteiger partial charge in [-0.25, -0.2) is 4.79 Å². The molecule has 1 rings (SSSR count). The van der Waals surface area contributed by atoms with Gasteiger partial charge >= 0.3 is 5.97 Å². The predicted molar refractivity (Wildman–Crippen MR) is 106 cm³/mol. The minimum atomic E-state index is -0.536. The third-order valence-electron chi connectivity index (χ3n) is 4.03. The molecule has 0 bridgehead atoms. The van der Waals surface area contributed by atoms with Crippen LogP contribution in [-0.4, -0.2) is 38.0 Å². The summed E-state index contributed by atoms with van der Waals surface area (Å²) < 4.78 is 16.2. The Labute approximate surface area is 162 Å². The molecule has 0 radical (unpaired) electrons. The fourth-order valence-corrected chi connectivity index (χ4v) is 2.54. The van der Waals surface area contributed by atoms with E-state index in [9.17, 15) is 4.79 Å². The Kier molecular flexibility index (Phi) is 10.7. The number of carbonyl (C=O) groups is 1. The molecule has 5 heteroatoms. The minimum absolute atomic E-state index is 0.0696. The maximum Gasteiger partial charge on any atom is 0.347 e. The van der Waals surface area contributed by atoms with E-state index in [1.54, 1.807) is 24.3 Å². The van der Waals surface area contributed by atoms with Crippen molar-refractivity contribution in [2.24, 2.45) is 0 Å². The maximum atomic E-state index is 12.8. The Bertz CT molecular complexity index is 659. The van der Waals surface area contributed by atoms with Gasteiger partial charge in [-0.05, 0) is 43.5 Å². The second kappa shape index (κ2) is 12.8. The standard InChI is InChI=1S/C22H30O5/c1-5-6-7-8-10-18(14-13-17(2)15-16-23)27-22(24)21-19(25-3)11-9-12-20(21)26-4/h9,11-12,15,18,23H,5-8,10,16H2,1-4H3/b17-15-. The molecule has 0 aliphatic heterocycles. The normalized spacial score (nSPS) is 12.0. The Hall–Kier alpha value is -2.45. The highest BCUT2D eigenvalue weighted by Gasteiger charge is 2.22. The molecule has 0 spiro atoms. The number of ether oxygens (including phenoxy) is 3. The lowest BCUT2D eigenvalue weighted by molar-refractivity contribution is 0.0385. The second-order valence-electron chi connectivity index (χ2n) is 6.12. The summed E-state index contributed by atoms with van der Waals surface area (Å²) in [5.74, 6) is 6.22. The van der Waals surface area contributed by atoms with Gasteiger partial charge in [0.05, 0.1) is 20.8 Å². The quantitative estimate of drug-likeness (QED) is 0.379. The van der Waals surface area contributed by atoms with E-state index in [2.05, 4.69) is 18.8 Å². The van der Waals surface area contributed by atoms with Crippen molar-refractivity contribution in [1.29, 1.82) is 0 Å². The van der Waals surface area contributed by atoms with Crippen LogP contribution in [0.1, 0.15) is 56.3 Å². The summed E-state index contributed by atoms with van der Waals surface area (Å²) in [5.41, 5.74) is 0.993. The number of esters is 1. The number of hydrogen-bond donors (Lipinski definition) is 1. The van der Waals surface area contributed by atoms with Crippen molar-refractivity contribution in [1.82, 2.24) is 0 Å². The van der Waals surface area contributed by atoms with Crippen molar-refractivity contribution >= 4 is 5.97 Å². The lowest BCUT2D eigenvalue weighted by atomic mass is 10.1. The van der Waals surface area contributed by atoms with E-state index in [0.717, 1.165) is 31.3 Å². The number of rotatable bonds is 10. The molecule has 1 aromatic carbocycles. The van der Waals surface area contributed by atoms with Crippen LogP contribution in [0.4, 0.5) is 0 Å². The molecule has 1 atom stereocenters. The first kappa shape index (κ1) is 22.6. The van der Waals surface area contributed by atoms with Crippen LogP contribution in [-0.2, 0) is 4.74 Å². The molecule has 0 aromatic heterocycles. The van der Waals surface area contributed by atoms with Crippen molar-refractivity contribution in [2.45, 2.75) is 52.1 Å². The van der Waals surface area contributed by atoms with E-state index in [4.69, 9.17) is 19.3 Å². The fourth-order valence-electron chi connectivity index (χ4n) is 2.54. The van der Waals surface area contributed by atoms with Gasteiger partial charge in [0.1, 0.15) is 17.1 Å². The Morgan fingerprint density at radius 1 is 1.19 bits per heavy atom. The molecule has 0 saturated heterocycles. The first-order chi connectivity index (χ1) is 13.1. The molecule has 1 N–H and O–H groups in total. The number of methoxy groups -OCH3 is 2. The summed E-state index contributed by atoms with van der Waals surface area (Å²) in [5, 5.41) is 8.95. The summed E-state index contributed by atoms with van der Waals surface area (Å²) >= 11 is 0. The average Bonchev–Trinajstić information content (AvgIpc) is 2.68. The highest BCUT2D eigenvalue weighted by Crippen LogP contribution is 2.29. The first-order valence-corrected chi connectivity index (χ1v) is 9.28. The SMILES string of the molecule is CCCCCCC(C#C/C(C)=C\CO)OC(=O)c1c(OC)cccc1OC. The zero-order valence-corrected chi connectivity index (χ0v) is 16.7. The number of carbonyl (C=O) groups excluding carboxylic acids is 1. The third-order valence-corrected chi connectivity index (χ3v) is 4.03. The van der Waals surface area contributed by atoms with Crippen LogP contribution in [0.25, 0.3) is 0 Å². The summed E-state index contributed by atoms with van der Waals surface area (Å²) in [7, 11) is 2.99. The minimum Gasteiger partial charge on any atom is -0.496 e. The zero-order chi connectivity index (χ0) is 20.1. The summed E-state index contributed by atoms with van der Waals surface area (Å²) in [6.07, 6.45) is 5.99. The Morgan fingerprint density at radius 3 is 2.41 bits per heavy atom. The molecule has 1 unspecified atom stereocenters. The van der Waals surface area contributed by atoms with Crippen LogP contribution in [0.2, 0.25) is 0 Å². The predicted octanol–water partition coefficient (Wildman–Crippen LogP) is 4.14. The highest BCUT2D eigenvalue weighted by atomic mass is 16.5. The van der Waals surface area contributed by atoms with Crippen LogP contribution >= 0.6 is 0 Å². The molecule has 0 aliphatic carbocycles. The molecule has 0 heterocycles. The smallest absolute Gasteiger partial charge is 0.347 e. The monoisotopic (exact) mass is 374 g/mol. The Morgan fingerprint density at radius 2 is 1.85 bits per heavy atom. The molecule has 1 aromatic rings. The molecular weight excluding hydrogens is 344 g/mol. The summed E-state index contributed by atoms with van der Waals surface area (Å²) in [4.78, 5) is 12.8. The second-order valence-corrected chi connectivity index (χ2v) is 6.12. The summed E-state index contributed by atoms with van der Waals surface area (Å²) in [6.45, 7) is 3.89. The number of benzene rings is 1. The van der Waals surface area contributed by atoms with Gasteiger partial charge in [0.25, 0.3) is 0 Å². The van der Waals surface area contributed by atoms with Crippen LogP contribution in [0.5, 0.6) is 11.5 Å². The molecule has 148 valence electrons. The van der Waals surface area contributed by atoms with E-state index in [0.29, 0.717) is 17.9 Å². The molecule has 0 aliphatic rings. The van der Waals surface area contributed by atoms with E-state index < -0.39 is 12.1 Å². The van der Waals surface area contributed by atoms with Gasteiger partial charge in [0, 0.05) is 0 Å². The molecule has 5 nitrogen and oxygen atoms in total. The van der Waals surface area contributed by atoms with Crippen molar-refractivity contribution in [2.75, 3.05) is 20.8 Å². The van der Waals surface area contributed by atoms with E-state index in [-0.39, 0.29) is 12.2 Å². The van der Waals surface area contributed by atoms with Gasteiger partial charge in [0.2, 0.25) is 0 Å². The number of allylic oxidation sites excluding steroid dienone is 1. The van der Waals surface area contributed by atoms with Crippen molar-refractivity contribution in [3.8, 4) is 23.3 Å². The van der Waals surface area contributed by atoms with Crippen molar-refractivity contribution in [3.05, 3.63) is 35.4 Å². The van der Waals surface area contributed by atoms with Crippen molar-refractivity contribution in [3.63, 3.8) is 0 Å². The number of aliphatic hydroxyl groups is 1. The van der Waals surface area contributed by atoms with E-state index in [1.807, 2.05) is 6.92 Å². The van der Waals surface area contributed by atoms with Gasteiger partial charge in [0.15, 0.2) is 6.10 Å². The highest BCUT2D eigenvalue weighted by molar-refractivity contribution is 5.95. The van der Waals surface area contributed by atoms with E-state index >= 15 is 0 Å². The Balaban J connectivity index is 2.99. The molecule has 0 amide bonds. The van der Waals surface area contributed by atoms with Gasteiger partial charge < -0.3 is 19.3 Å². The van der Waals surface area contributed by atoms with E-state index in [1.165, 1.54) is 14.2 Å².